The fraction of sp³-hybridized carbons (Fsp3) is 0.200. The molecule has 2 aromatic rings. The minimum absolute atomic E-state index is 0.0130. The summed E-state index contributed by atoms with van der Waals surface area (Å²) in [7, 11) is -3.78. The van der Waals surface area contributed by atoms with Gasteiger partial charge in [-0.25, -0.2) is 12.8 Å². The van der Waals surface area contributed by atoms with Gasteiger partial charge in [0.05, 0.1) is 23.8 Å². The Bertz CT molecular complexity index is 775. The molecule has 1 aliphatic heterocycles. The normalized spacial score (nSPS) is 14.2. The van der Waals surface area contributed by atoms with Crippen molar-refractivity contribution >= 4 is 15.7 Å². The molecule has 0 atom stereocenters. The van der Waals surface area contributed by atoms with Crippen molar-refractivity contribution in [3.05, 3.63) is 48.3 Å². The zero-order valence-corrected chi connectivity index (χ0v) is 12.4. The number of hydrogen-bond acceptors (Lipinski definition) is 4. The highest BCUT2D eigenvalue weighted by molar-refractivity contribution is 7.92. The molecule has 0 unspecified atom stereocenters. The Labute approximate surface area is 127 Å². The minimum atomic E-state index is -3.78. The van der Waals surface area contributed by atoms with Crippen molar-refractivity contribution in [3.8, 4) is 11.5 Å². The maximum absolute atomic E-state index is 12.9. The Hall–Kier alpha value is -2.28. The molecule has 0 radical (unpaired) electrons. The molecule has 1 aliphatic rings. The second-order valence-corrected chi connectivity index (χ2v) is 6.45. The fourth-order valence-electron chi connectivity index (χ4n) is 2.05. The molecule has 116 valence electrons. The van der Waals surface area contributed by atoms with Gasteiger partial charge in [-0.1, -0.05) is 0 Å². The van der Waals surface area contributed by atoms with Crippen LogP contribution in [0.2, 0.25) is 0 Å². The number of fused-ring (bicyclic) bond motifs is 1. The molecular formula is C15H14FNO4S. The highest BCUT2D eigenvalue weighted by atomic mass is 32.2. The minimum Gasteiger partial charge on any atom is -0.490 e. The highest BCUT2D eigenvalue weighted by Gasteiger charge is 2.16. The van der Waals surface area contributed by atoms with Gasteiger partial charge in [0, 0.05) is 12.5 Å². The smallest absolute Gasteiger partial charge is 0.261 e. The first-order chi connectivity index (χ1) is 10.5. The molecule has 0 bridgehead atoms. The van der Waals surface area contributed by atoms with Gasteiger partial charge in [0.25, 0.3) is 10.0 Å². The van der Waals surface area contributed by atoms with E-state index >= 15 is 0 Å². The summed E-state index contributed by atoms with van der Waals surface area (Å²) in [4.78, 5) is -0.0130. The van der Waals surface area contributed by atoms with Crippen LogP contribution in [0.4, 0.5) is 10.1 Å². The zero-order chi connectivity index (χ0) is 15.6. The van der Waals surface area contributed by atoms with E-state index < -0.39 is 15.8 Å². The van der Waals surface area contributed by atoms with Gasteiger partial charge in [0.1, 0.15) is 5.82 Å². The molecule has 0 aromatic heterocycles. The van der Waals surface area contributed by atoms with E-state index in [0.29, 0.717) is 30.4 Å². The van der Waals surface area contributed by atoms with Crippen LogP contribution >= 0.6 is 0 Å². The molecule has 0 fully saturated rings. The lowest BCUT2D eigenvalue weighted by atomic mass is 10.3. The highest BCUT2D eigenvalue weighted by Crippen LogP contribution is 2.33. The second-order valence-electron chi connectivity index (χ2n) is 4.77. The van der Waals surface area contributed by atoms with Crippen LogP contribution in [0, 0.1) is 5.82 Å². The molecule has 5 nitrogen and oxygen atoms in total. The lowest BCUT2D eigenvalue weighted by Crippen LogP contribution is -2.13. The summed E-state index contributed by atoms with van der Waals surface area (Å²) < 4.78 is 50.8. The first kappa shape index (κ1) is 14.6. The quantitative estimate of drug-likeness (QED) is 0.943. The van der Waals surface area contributed by atoms with Gasteiger partial charge in [-0.3, -0.25) is 4.72 Å². The Kier molecular flexibility index (Phi) is 3.89. The molecule has 0 amide bonds. The molecule has 0 aliphatic carbocycles. The fourth-order valence-corrected chi connectivity index (χ4v) is 3.10. The van der Waals surface area contributed by atoms with E-state index in [4.69, 9.17) is 9.47 Å². The lowest BCUT2D eigenvalue weighted by Gasteiger charge is -2.11. The summed E-state index contributed by atoms with van der Waals surface area (Å²) in [5.74, 6) is 0.591. The van der Waals surface area contributed by atoms with Crippen molar-refractivity contribution in [2.45, 2.75) is 11.3 Å². The largest absolute Gasteiger partial charge is 0.490 e. The second kappa shape index (κ2) is 5.84. The zero-order valence-electron chi connectivity index (χ0n) is 11.6. The van der Waals surface area contributed by atoms with E-state index in [1.807, 2.05) is 0 Å². The van der Waals surface area contributed by atoms with Gasteiger partial charge in [0.2, 0.25) is 0 Å². The monoisotopic (exact) mass is 323 g/mol. The van der Waals surface area contributed by atoms with Crippen molar-refractivity contribution < 1.29 is 22.3 Å². The van der Waals surface area contributed by atoms with Crippen molar-refractivity contribution in [3.63, 3.8) is 0 Å². The van der Waals surface area contributed by atoms with E-state index in [9.17, 15) is 12.8 Å². The molecule has 7 heteroatoms. The van der Waals surface area contributed by atoms with Crippen LogP contribution in [0.25, 0.3) is 0 Å². The van der Waals surface area contributed by atoms with E-state index in [0.717, 1.165) is 18.6 Å². The molecule has 3 rings (SSSR count). The maximum atomic E-state index is 12.9. The molecule has 0 saturated carbocycles. The molecule has 0 saturated heterocycles. The van der Waals surface area contributed by atoms with E-state index in [1.54, 1.807) is 18.2 Å². The van der Waals surface area contributed by atoms with Gasteiger partial charge in [-0.15, -0.1) is 0 Å². The summed E-state index contributed by atoms with van der Waals surface area (Å²) >= 11 is 0. The van der Waals surface area contributed by atoms with Crippen LogP contribution in [0.15, 0.2) is 47.4 Å². The predicted molar refractivity (Wildman–Crippen MR) is 79.3 cm³/mol. The third-order valence-electron chi connectivity index (χ3n) is 3.12. The van der Waals surface area contributed by atoms with Crippen LogP contribution < -0.4 is 14.2 Å². The summed E-state index contributed by atoms with van der Waals surface area (Å²) in [6.45, 7) is 1.08. The van der Waals surface area contributed by atoms with Crippen molar-refractivity contribution in [1.82, 2.24) is 0 Å². The predicted octanol–water partition coefficient (Wildman–Crippen LogP) is 2.79. The maximum Gasteiger partial charge on any atom is 0.261 e. The molecule has 2 aromatic carbocycles. The van der Waals surface area contributed by atoms with Gasteiger partial charge in [-0.05, 0) is 36.4 Å². The topological polar surface area (TPSA) is 64.6 Å². The number of rotatable bonds is 3. The summed E-state index contributed by atoms with van der Waals surface area (Å²) in [5, 5.41) is 0. The van der Waals surface area contributed by atoms with Gasteiger partial charge >= 0.3 is 0 Å². The van der Waals surface area contributed by atoms with Crippen molar-refractivity contribution in [1.29, 1.82) is 0 Å². The van der Waals surface area contributed by atoms with E-state index in [-0.39, 0.29) is 4.90 Å². The van der Waals surface area contributed by atoms with Crippen LogP contribution in [0.5, 0.6) is 11.5 Å². The molecular weight excluding hydrogens is 309 g/mol. The number of benzene rings is 2. The Morgan fingerprint density at radius 1 is 0.955 bits per heavy atom. The van der Waals surface area contributed by atoms with E-state index in [2.05, 4.69) is 4.72 Å². The third-order valence-corrected chi connectivity index (χ3v) is 4.52. The summed E-state index contributed by atoms with van der Waals surface area (Å²) in [5.41, 5.74) is 0.355. The SMILES string of the molecule is O=S(=O)(Nc1ccc2c(c1)OCCCO2)c1ccc(F)cc1. The van der Waals surface area contributed by atoms with Crippen LogP contribution in [0.1, 0.15) is 6.42 Å². The average molecular weight is 323 g/mol. The first-order valence-electron chi connectivity index (χ1n) is 6.73. The van der Waals surface area contributed by atoms with Crippen LogP contribution in [-0.2, 0) is 10.0 Å². The third kappa shape index (κ3) is 3.14. The first-order valence-corrected chi connectivity index (χ1v) is 8.21. The molecule has 1 heterocycles. The summed E-state index contributed by atoms with van der Waals surface area (Å²) in [6.07, 6.45) is 0.769. The lowest BCUT2D eigenvalue weighted by molar-refractivity contribution is 0.297. The van der Waals surface area contributed by atoms with Crippen LogP contribution in [-0.4, -0.2) is 21.6 Å². The number of nitrogens with one attached hydrogen (secondary N) is 1. The number of anilines is 1. The molecule has 0 spiro atoms. The Morgan fingerprint density at radius 2 is 1.64 bits per heavy atom. The Balaban J connectivity index is 1.86. The number of ether oxygens (including phenoxy) is 2. The van der Waals surface area contributed by atoms with Gasteiger partial charge in [0.15, 0.2) is 11.5 Å². The number of sulfonamides is 1. The Morgan fingerprint density at radius 3 is 2.36 bits per heavy atom. The average Bonchev–Trinajstić information content (AvgIpc) is 2.72. The molecule has 22 heavy (non-hydrogen) atoms. The standard InChI is InChI=1S/C15H14FNO4S/c16-11-2-5-13(6-3-11)22(18,19)17-12-4-7-14-15(10-12)21-9-1-8-20-14/h2-7,10,17H,1,8-9H2. The number of hydrogen-bond donors (Lipinski definition) is 1. The van der Waals surface area contributed by atoms with Crippen molar-refractivity contribution in [2.75, 3.05) is 17.9 Å². The van der Waals surface area contributed by atoms with Gasteiger partial charge in [-0.2, -0.15) is 0 Å². The summed E-state index contributed by atoms with van der Waals surface area (Å²) in [6, 6.07) is 9.44. The molecule has 1 N–H and O–H groups in total. The van der Waals surface area contributed by atoms with Crippen molar-refractivity contribution in [2.24, 2.45) is 0 Å². The van der Waals surface area contributed by atoms with E-state index in [1.165, 1.54) is 12.1 Å². The van der Waals surface area contributed by atoms with Crippen LogP contribution in [0.3, 0.4) is 0 Å². The van der Waals surface area contributed by atoms with Gasteiger partial charge < -0.3 is 9.47 Å². The number of halogens is 1.